The predicted octanol–water partition coefficient (Wildman–Crippen LogP) is 5.61. The summed E-state index contributed by atoms with van der Waals surface area (Å²) in [6, 6.07) is 0. The number of fused-ring (bicyclic) bond motifs is 4. The molecule has 6 atom stereocenters. The van der Waals surface area contributed by atoms with E-state index in [0.717, 1.165) is 50.6 Å². The average molecular weight is 451 g/mol. The molecular weight excluding hydrogens is 396 g/mol. The fourth-order valence-corrected chi connectivity index (χ4v) is 6.46. The third-order valence-electron chi connectivity index (χ3n) is 8.56. The molecule has 3 aliphatic heterocycles. The van der Waals surface area contributed by atoms with Gasteiger partial charge in [-0.3, -0.25) is 0 Å². The minimum absolute atomic E-state index is 0.0943. The van der Waals surface area contributed by atoms with Crippen LogP contribution in [0.1, 0.15) is 116 Å². The Morgan fingerprint density at radius 2 is 0.750 bits per heavy atom. The van der Waals surface area contributed by atoms with Gasteiger partial charge in [0.05, 0.1) is 12.2 Å². The normalized spacial score (nSPS) is 38.4. The Hall–Kier alpha value is -0.160. The fraction of sp³-hybridized carbons (Fsp3) is 1.00. The highest BCUT2D eigenvalue weighted by atomic mass is 16.3. The fourth-order valence-electron chi connectivity index (χ4n) is 6.46. The van der Waals surface area contributed by atoms with Crippen molar-refractivity contribution in [1.82, 2.24) is 9.80 Å². The molecule has 32 heavy (non-hydrogen) atoms. The van der Waals surface area contributed by atoms with E-state index in [9.17, 15) is 10.2 Å². The molecule has 4 nitrogen and oxygen atoms in total. The van der Waals surface area contributed by atoms with E-state index in [4.69, 9.17) is 0 Å². The molecule has 188 valence electrons. The number of piperidine rings is 2. The highest BCUT2D eigenvalue weighted by Gasteiger charge is 2.21. The van der Waals surface area contributed by atoms with E-state index in [0.29, 0.717) is 0 Å². The molecule has 0 aromatic heterocycles. The van der Waals surface area contributed by atoms with E-state index in [-0.39, 0.29) is 12.2 Å². The summed E-state index contributed by atoms with van der Waals surface area (Å²) in [7, 11) is 0. The third-order valence-corrected chi connectivity index (χ3v) is 8.56. The molecule has 0 saturated carbocycles. The lowest BCUT2D eigenvalue weighted by atomic mass is 9.91. The summed E-state index contributed by atoms with van der Waals surface area (Å²) in [6.45, 7) is 7.16. The maximum absolute atomic E-state index is 10.5. The van der Waals surface area contributed by atoms with Gasteiger partial charge < -0.3 is 20.0 Å². The predicted molar refractivity (Wildman–Crippen MR) is 135 cm³/mol. The van der Waals surface area contributed by atoms with E-state index in [1.807, 2.05) is 0 Å². The van der Waals surface area contributed by atoms with Crippen LogP contribution in [0.15, 0.2) is 0 Å². The molecule has 3 heterocycles. The number of aliphatic hydroxyl groups is 2. The van der Waals surface area contributed by atoms with Crippen molar-refractivity contribution in [3.63, 3.8) is 0 Å². The molecule has 2 unspecified atom stereocenters. The molecular formula is C28H54N2O2. The first-order chi connectivity index (χ1) is 15.7. The zero-order chi connectivity index (χ0) is 22.4. The molecule has 3 saturated heterocycles. The standard InChI is InChI=1S/C28H54N2O2/c31-27-15-7-3-1-5-11-25-13-9-19-29(23-25)22-18-28(32)16-8-4-2-6-12-26-14-10-20-30(24-26)21-17-27/h25-28,31-32H,1-24H2/t25-,26-,27+,28+/m1/s1. The van der Waals surface area contributed by atoms with Gasteiger partial charge >= 0.3 is 0 Å². The van der Waals surface area contributed by atoms with E-state index in [1.54, 1.807) is 0 Å². The molecule has 0 spiro atoms. The molecule has 4 heteroatoms. The van der Waals surface area contributed by atoms with Crippen molar-refractivity contribution in [2.24, 2.45) is 11.8 Å². The highest BCUT2D eigenvalue weighted by Crippen LogP contribution is 2.25. The lowest BCUT2D eigenvalue weighted by Crippen LogP contribution is -2.37. The van der Waals surface area contributed by atoms with Crippen LogP contribution in [0.2, 0.25) is 0 Å². The van der Waals surface area contributed by atoms with Crippen molar-refractivity contribution >= 4 is 0 Å². The Morgan fingerprint density at radius 3 is 1.19 bits per heavy atom. The maximum Gasteiger partial charge on any atom is 0.0552 e. The van der Waals surface area contributed by atoms with Crippen molar-refractivity contribution in [2.45, 2.75) is 128 Å². The van der Waals surface area contributed by atoms with Gasteiger partial charge in [0.25, 0.3) is 0 Å². The van der Waals surface area contributed by atoms with Gasteiger partial charge in [-0.05, 0) is 89.1 Å². The summed E-state index contributed by atoms with van der Waals surface area (Å²) in [4.78, 5) is 5.25. The van der Waals surface area contributed by atoms with Crippen molar-refractivity contribution in [3.8, 4) is 0 Å². The number of aliphatic hydroxyl groups excluding tert-OH is 2. The van der Waals surface area contributed by atoms with Crippen LogP contribution in [-0.2, 0) is 0 Å². The molecule has 0 aromatic carbocycles. The Bertz CT molecular complexity index is 432. The van der Waals surface area contributed by atoms with Crippen molar-refractivity contribution in [2.75, 3.05) is 39.3 Å². The molecule has 4 bridgehead atoms. The van der Waals surface area contributed by atoms with Gasteiger partial charge in [0.1, 0.15) is 0 Å². The van der Waals surface area contributed by atoms with Crippen LogP contribution in [0.4, 0.5) is 0 Å². The van der Waals surface area contributed by atoms with E-state index in [1.165, 1.54) is 116 Å². The topological polar surface area (TPSA) is 46.9 Å². The van der Waals surface area contributed by atoms with Crippen LogP contribution in [0.3, 0.4) is 0 Å². The first kappa shape index (κ1) is 26.4. The number of rotatable bonds is 0. The zero-order valence-corrected chi connectivity index (χ0v) is 21.1. The maximum atomic E-state index is 10.5. The third kappa shape index (κ3) is 10.8. The second-order valence-corrected chi connectivity index (χ2v) is 11.5. The van der Waals surface area contributed by atoms with Crippen LogP contribution in [0, 0.1) is 11.8 Å². The van der Waals surface area contributed by atoms with Gasteiger partial charge in [-0.25, -0.2) is 0 Å². The second-order valence-electron chi connectivity index (χ2n) is 11.5. The summed E-state index contributed by atoms with van der Waals surface area (Å²) in [5.74, 6) is 1.73. The average Bonchev–Trinajstić information content (AvgIpc) is 2.81. The Morgan fingerprint density at radius 1 is 0.375 bits per heavy atom. The van der Waals surface area contributed by atoms with Crippen molar-refractivity contribution < 1.29 is 10.2 Å². The molecule has 3 fully saturated rings. The lowest BCUT2D eigenvalue weighted by Gasteiger charge is -2.33. The number of nitrogens with zero attached hydrogens (tertiary/aromatic N) is 2. The molecule has 3 rings (SSSR count). The minimum Gasteiger partial charge on any atom is -0.393 e. The molecule has 2 N–H and O–H groups in total. The first-order valence-corrected chi connectivity index (χ1v) is 14.5. The summed E-state index contributed by atoms with van der Waals surface area (Å²) < 4.78 is 0. The van der Waals surface area contributed by atoms with E-state index < -0.39 is 0 Å². The van der Waals surface area contributed by atoms with Gasteiger partial charge in [-0.2, -0.15) is 0 Å². The smallest absolute Gasteiger partial charge is 0.0552 e. The highest BCUT2D eigenvalue weighted by molar-refractivity contribution is 4.76. The van der Waals surface area contributed by atoms with Crippen LogP contribution in [0.5, 0.6) is 0 Å². The van der Waals surface area contributed by atoms with Gasteiger partial charge in [-0.15, -0.1) is 0 Å². The molecule has 0 radical (unpaired) electrons. The summed E-state index contributed by atoms with van der Waals surface area (Å²) in [5.41, 5.74) is 0. The van der Waals surface area contributed by atoms with E-state index >= 15 is 0 Å². The van der Waals surface area contributed by atoms with Gasteiger partial charge in [0, 0.05) is 26.2 Å². The molecule has 0 aliphatic carbocycles. The van der Waals surface area contributed by atoms with Crippen LogP contribution in [0.25, 0.3) is 0 Å². The van der Waals surface area contributed by atoms with Crippen LogP contribution >= 0.6 is 0 Å². The summed E-state index contributed by atoms with van der Waals surface area (Å²) in [6.07, 6.45) is 22.3. The summed E-state index contributed by atoms with van der Waals surface area (Å²) >= 11 is 0. The molecule has 3 aliphatic rings. The van der Waals surface area contributed by atoms with Crippen LogP contribution in [-0.4, -0.2) is 71.5 Å². The lowest BCUT2D eigenvalue weighted by molar-refractivity contribution is 0.106. The minimum atomic E-state index is -0.0943. The second kappa shape index (κ2) is 15.7. The SMILES string of the molecule is O[C@H]1CCCCCC[C@@H]2CCCN(CC[C@@H](O)CCCCCC[C@@H]3CCCN(CC1)C3)C2. The Kier molecular flexibility index (Phi) is 13.0. The monoisotopic (exact) mass is 450 g/mol. The first-order valence-electron chi connectivity index (χ1n) is 14.5. The Labute approximate surface area is 199 Å². The number of hydrogen-bond donors (Lipinski definition) is 2. The summed E-state index contributed by atoms with van der Waals surface area (Å²) in [5, 5.41) is 20.9. The quantitative estimate of drug-likeness (QED) is 0.504. The van der Waals surface area contributed by atoms with Crippen molar-refractivity contribution in [1.29, 1.82) is 0 Å². The van der Waals surface area contributed by atoms with Gasteiger partial charge in [0.15, 0.2) is 0 Å². The van der Waals surface area contributed by atoms with Gasteiger partial charge in [0.2, 0.25) is 0 Å². The van der Waals surface area contributed by atoms with Gasteiger partial charge in [-0.1, -0.05) is 51.4 Å². The Balaban J connectivity index is 1.41. The zero-order valence-electron chi connectivity index (χ0n) is 21.1. The van der Waals surface area contributed by atoms with Crippen LogP contribution < -0.4 is 0 Å². The van der Waals surface area contributed by atoms with Crippen molar-refractivity contribution in [3.05, 3.63) is 0 Å². The molecule has 0 amide bonds. The number of hydrogen-bond acceptors (Lipinski definition) is 4. The van der Waals surface area contributed by atoms with E-state index in [2.05, 4.69) is 9.80 Å². The largest absolute Gasteiger partial charge is 0.393 e. The molecule has 0 aromatic rings.